The number of carbonyl (C=O) groups excluding carboxylic acids is 1. The second kappa shape index (κ2) is 7.78. The van der Waals surface area contributed by atoms with Gasteiger partial charge in [-0.15, -0.1) is 0 Å². The van der Waals surface area contributed by atoms with Crippen molar-refractivity contribution in [2.24, 2.45) is 5.10 Å². The first-order chi connectivity index (χ1) is 12.5. The molecule has 0 saturated carbocycles. The number of anilines is 1. The maximum Gasteiger partial charge on any atom is 0.416 e. The molecule has 1 N–H and O–H groups in total. The van der Waals surface area contributed by atoms with Gasteiger partial charge in [0.05, 0.1) is 23.7 Å². The van der Waals surface area contributed by atoms with Crippen LogP contribution < -0.4 is 9.73 Å². The molecule has 10 heteroatoms. The van der Waals surface area contributed by atoms with Crippen LogP contribution in [0.2, 0.25) is 0 Å². The van der Waals surface area contributed by atoms with Gasteiger partial charge in [-0.2, -0.15) is 18.3 Å². The van der Waals surface area contributed by atoms with Crippen LogP contribution >= 0.6 is 0 Å². The molecule has 0 spiro atoms. The summed E-state index contributed by atoms with van der Waals surface area (Å²) in [6, 6.07) is 10.2. The third kappa shape index (κ3) is 5.55. The summed E-state index contributed by atoms with van der Waals surface area (Å²) in [6.45, 7) is 0. The van der Waals surface area contributed by atoms with Crippen molar-refractivity contribution in [1.82, 2.24) is 5.43 Å². The highest BCUT2D eigenvalue weighted by Gasteiger charge is 2.30. The lowest BCUT2D eigenvalue weighted by Crippen LogP contribution is -2.25. The minimum atomic E-state index is -4.46. The number of hydrazone groups is 1. The maximum absolute atomic E-state index is 12.6. The third-order valence-electron chi connectivity index (χ3n) is 3.58. The zero-order chi connectivity index (χ0) is 20.2. The molecule has 0 aromatic heterocycles. The number of carbonyl (C=O) groups is 1. The summed E-state index contributed by atoms with van der Waals surface area (Å²) in [4.78, 5) is 12.0. The highest BCUT2D eigenvalue weighted by atomic mass is 32.2. The number of hydrogen-bond donors (Lipinski definition) is 1. The van der Waals surface area contributed by atoms with Crippen LogP contribution in [0.4, 0.5) is 18.9 Å². The van der Waals surface area contributed by atoms with E-state index in [0.29, 0.717) is 5.69 Å². The molecule has 0 fully saturated rings. The SMILES string of the molecule is CN(c1ccc(C(=O)N/N=C\c2cccc(C(F)(F)F)c2)cc1)S(C)(=O)=O. The predicted molar refractivity (Wildman–Crippen MR) is 96.2 cm³/mol. The highest BCUT2D eigenvalue weighted by molar-refractivity contribution is 7.92. The van der Waals surface area contributed by atoms with Gasteiger partial charge in [0.25, 0.3) is 5.91 Å². The number of benzene rings is 2. The van der Waals surface area contributed by atoms with E-state index in [-0.39, 0.29) is 11.1 Å². The zero-order valence-electron chi connectivity index (χ0n) is 14.4. The maximum atomic E-state index is 12.6. The summed E-state index contributed by atoms with van der Waals surface area (Å²) in [5.41, 5.74) is 2.15. The van der Waals surface area contributed by atoms with Gasteiger partial charge in [-0.25, -0.2) is 13.8 Å². The second-order valence-electron chi connectivity index (χ2n) is 5.60. The van der Waals surface area contributed by atoms with Crippen molar-refractivity contribution >= 4 is 27.8 Å². The number of sulfonamides is 1. The lowest BCUT2D eigenvalue weighted by atomic mass is 10.1. The zero-order valence-corrected chi connectivity index (χ0v) is 15.2. The van der Waals surface area contributed by atoms with Crippen molar-refractivity contribution in [3.05, 3.63) is 65.2 Å². The molecule has 27 heavy (non-hydrogen) atoms. The molecule has 0 radical (unpaired) electrons. The van der Waals surface area contributed by atoms with Gasteiger partial charge in [-0.05, 0) is 42.0 Å². The Morgan fingerprint density at radius 2 is 1.78 bits per heavy atom. The quantitative estimate of drug-likeness (QED) is 0.620. The smallest absolute Gasteiger partial charge is 0.274 e. The molecule has 1 amide bonds. The molecule has 0 unspecified atom stereocenters. The Labute approximate surface area is 154 Å². The molecular weight excluding hydrogens is 383 g/mol. The van der Waals surface area contributed by atoms with Crippen LogP contribution in [0.15, 0.2) is 53.6 Å². The van der Waals surface area contributed by atoms with Crippen LogP contribution in [0, 0.1) is 0 Å². The monoisotopic (exact) mass is 399 g/mol. The summed E-state index contributed by atoms with van der Waals surface area (Å²) in [5, 5.41) is 3.64. The Bertz CT molecular complexity index is 955. The number of rotatable bonds is 5. The summed E-state index contributed by atoms with van der Waals surface area (Å²) in [7, 11) is -2.04. The Morgan fingerprint density at radius 3 is 2.33 bits per heavy atom. The van der Waals surface area contributed by atoms with E-state index in [4.69, 9.17) is 0 Å². The van der Waals surface area contributed by atoms with Crippen molar-refractivity contribution < 1.29 is 26.4 Å². The molecule has 144 valence electrons. The molecular formula is C17H16F3N3O3S. The Hall–Kier alpha value is -2.88. The number of hydrogen-bond acceptors (Lipinski definition) is 4. The molecule has 6 nitrogen and oxygen atoms in total. The van der Waals surface area contributed by atoms with Crippen molar-refractivity contribution in [2.75, 3.05) is 17.6 Å². The van der Waals surface area contributed by atoms with Gasteiger partial charge in [-0.1, -0.05) is 12.1 Å². The first-order valence-corrected chi connectivity index (χ1v) is 9.38. The van der Waals surface area contributed by atoms with E-state index in [1.165, 1.54) is 43.4 Å². The molecule has 0 atom stereocenters. The van der Waals surface area contributed by atoms with E-state index >= 15 is 0 Å². The van der Waals surface area contributed by atoms with Crippen LogP contribution in [0.25, 0.3) is 0 Å². The topological polar surface area (TPSA) is 78.8 Å². The summed E-state index contributed by atoms with van der Waals surface area (Å²) in [6.07, 6.45) is -2.32. The van der Waals surface area contributed by atoms with Gasteiger partial charge < -0.3 is 0 Å². The molecule has 0 aliphatic heterocycles. The Morgan fingerprint density at radius 1 is 1.15 bits per heavy atom. The number of alkyl halides is 3. The number of amides is 1. The summed E-state index contributed by atoms with van der Waals surface area (Å²) < 4.78 is 61.9. The highest BCUT2D eigenvalue weighted by Crippen LogP contribution is 2.29. The number of nitrogens with zero attached hydrogens (tertiary/aromatic N) is 2. The van der Waals surface area contributed by atoms with Gasteiger partial charge in [0.1, 0.15) is 0 Å². The fraction of sp³-hybridized carbons (Fsp3) is 0.176. The summed E-state index contributed by atoms with van der Waals surface area (Å²) >= 11 is 0. The average Bonchev–Trinajstić information content (AvgIpc) is 2.60. The molecule has 0 bridgehead atoms. The number of nitrogens with one attached hydrogen (secondary N) is 1. The van der Waals surface area contributed by atoms with E-state index in [2.05, 4.69) is 10.5 Å². The molecule has 2 aromatic carbocycles. The second-order valence-corrected chi connectivity index (χ2v) is 7.61. The molecule has 2 rings (SSSR count). The summed E-state index contributed by atoms with van der Waals surface area (Å²) in [5.74, 6) is -0.591. The minimum absolute atomic E-state index is 0.176. The predicted octanol–water partition coefficient (Wildman–Crippen LogP) is 2.87. The standard InChI is InChI=1S/C17H16F3N3O3S/c1-23(27(2,25)26)15-8-6-13(7-9-15)16(24)22-21-11-12-4-3-5-14(10-12)17(18,19)20/h3-11H,1-2H3,(H,22,24)/b21-11-. The Kier molecular flexibility index (Phi) is 5.89. The van der Waals surface area contributed by atoms with Gasteiger partial charge in [-0.3, -0.25) is 9.10 Å². The van der Waals surface area contributed by atoms with Crippen LogP contribution in [0.1, 0.15) is 21.5 Å². The van der Waals surface area contributed by atoms with Crippen molar-refractivity contribution in [3.63, 3.8) is 0 Å². The van der Waals surface area contributed by atoms with E-state index < -0.39 is 27.7 Å². The van der Waals surface area contributed by atoms with Crippen molar-refractivity contribution in [2.45, 2.75) is 6.18 Å². The molecule has 0 aliphatic carbocycles. The lowest BCUT2D eigenvalue weighted by Gasteiger charge is -2.16. The lowest BCUT2D eigenvalue weighted by molar-refractivity contribution is -0.137. The largest absolute Gasteiger partial charge is 0.416 e. The molecule has 0 saturated heterocycles. The molecule has 2 aromatic rings. The van der Waals surface area contributed by atoms with E-state index in [0.717, 1.165) is 28.9 Å². The fourth-order valence-electron chi connectivity index (χ4n) is 2.04. The first-order valence-electron chi connectivity index (χ1n) is 7.53. The molecule has 0 heterocycles. The minimum Gasteiger partial charge on any atom is -0.274 e. The normalized spacial score (nSPS) is 12.2. The van der Waals surface area contributed by atoms with Crippen molar-refractivity contribution in [1.29, 1.82) is 0 Å². The van der Waals surface area contributed by atoms with Crippen LogP contribution in [-0.2, 0) is 16.2 Å². The third-order valence-corrected chi connectivity index (χ3v) is 4.79. The fourth-order valence-corrected chi connectivity index (χ4v) is 2.54. The van der Waals surface area contributed by atoms with E-state index in [1.54, 1.807) is 0 Å². The Balaban J connectivity index is 2.05. The van der Waals surface area contributed by atoms with Gasteiger partial charge in [0, 0.05) is 12.6 Å². The number of halogens is 3. The van der Waals surface area contributed by atoms with Crippen LogP contribution in [0.5, 0.6) is 0 Å². The van der Waals surface area contributed by atoms with E-state index in [9.17, 15) is 26.4 Å². The first kappa shape index (κ1) is 20.4. The van der Waals surface area contributed by atoms with Gasteiger partial charge in [0.2, 0.25) is 10.0 Å². The van der Waals surface area contributed by atoms with Gasteiger partial charge in [0.15, 0.2) is 0 Å². The van der Waals surface area contributed by atoms with Crippen molar-refractivity contribution in [3.8, 4) is 0 Å². The molecule has 0 aliphatic rings. The van der Waals surface area contributed by atoms with Gasteiger partial charge >= 0.3 is 6.18 Å². The van der Waals surface area contributed by atoms with Crippen LogP contribution in [0.3, 0.4) is 0 Å². The van der Waals surface area contributed by atoms with E-state index in [1.807, 2.05) is 0 Å². The average molecular weight is 399 g/mol. The van der Waals surface area contributed by atoms with Crippen LogP contribution in [-0.4, -0.2) is 33.8 Å².